The summed E-state index contributed by atoms with van der Waals surface area (Å²) in [5.74, 6) is 0.977. The number of pyridine rings is 1. The molecule has 1 N–H and O–H groups in total. The molecular formula is C27H38N6O. The van der Waals surface area contributed by atoms with E-state index in [4.69, 9.17) is 0 Å². The van der Waals surface area contributed by atoms with Crippen molar-refractivity contribution in [2.75, 3.05) is 0 Å². The molecule has 5 rings (SSSR count). The number of aryl methyl sites for hydroxylation is 2. The zero-order chi connectivity index (χ0) is 23.7. The second-order valence-corrected chi connectivity index (χ2v) is 10.5. The maximum atomic E-state index is 13.2. The zero-order valence-electron chi connectivity index (χ0n) is 20.9. The zero-order valence-corrected chi connectivity index (χ0v) is 20.9. The van der Waals surface area contributed by atoms with Crippen molar-refractivity contribution >= 4 is 10.9 Å². The van der Waals surface area contributed by atoms with Gasteiger partial charge in [-0.15, -0.1) is 5.10 Å². The summed E-state index contributed by atoms with van der Waals surface area (Å²) < 4.78 is 2.12. The van der Waals surface area contributed by atoms with Gasteiger partial charge in [0.2, 0.25) is 0 Å². The van der Waals surface area contributed by atoms with Crippen molar-refractivity contribution in [3.8, 4) is 0 Å². The molecule has 1 atom stereocenters. The predicted molar refractivity (Wildman–Crippen MR) is 135 cm³/mol. The van der Waals surface area contributed by atoms with E-state index in [2.05, 4.69) is 69.1 Å². The van der Waals surface area contributed by atoms with Gasteiger partial charge in [0.1, 0.15) is 0 Å². The molecule has 0 spiro atoms. The highest BCUT2D eigenvalue weighted by Gasteiger charge is 2.34. The van der Waals surface area contributed by atoms with Gasteiger partial charge >= 0.3 is 0 Å². The maximum absolute atomic E-state index is 13.2. The van der Waals surface area contributed by atoms with Crippen molar-refractivity contribution in [2.45, 2.75) is 110 Å². The number of nitrogens with one attached hydrogen (secondary N) is 1. The van der Waals surface area contributed by atoms with E-state index >= 15 is 0 Å². The second-order valence-electron chi connectivity index (χ2n) is 10.5. The first-order valence-corrected chi connectivity index (χ1v) is 13.2. The number of tetrazole rings is 1. The van der Waals surface area contributed by atoms with Crippen LogP contribution < -0.4 is 5.56 Å². The summed E-state index contributed by atoms with van der Waals surface area (Å²) in [5, 5.41) is 14.3. The summed E-state index contributed by atoms with van der Waals surface area (Å²) in [5.41, 5.74) is 4.20. The van der Waals surface area contributed by atoms with Crippen LogP contribution in [0.1, 0.15) is 106 Å². The fraction of sp³-hybridized carbons (Fsp3) is 0.630. The summed E-state index contributed by atoms with van der Waals surface area (Å²) in [7, 11) is 0. The van der Waals surface area contributed by atoms with Crippen molar-refractivity contribution < 1.29 is 0 Å². The summed E-state index contributed by atoms with van der Waals surface area (Å²) >= 11 is 0. The third-order valence-corrected chi connectivity index (χ3v) is 8.21. The van der Waals surface area contributed by atoms with E-state index in [1.165, 1.54) is 56.1 Å². The Kier molecular flexibility index (Phi) is 6.82. The molecule has 1 unspecified atom stereocenters. The van der Waals surface area contributed by atoms with Crippen LogP contribution in [0.5, 0.6) is 0 Å². The van der Waals surface area contributed by atoms with Gasteiger partial charge in [-0.1, -0.05) is 39.0 Å². The Hall–Kier alpha value is -2.54. The van der Waals surface area contributed by atoms with Gasteiger partial charge in [0, 0.05) is 23.7 Å². The quantitative estimate of drug-likeness (QED) is 0.499. The minimum absolute atomic E-state index is 0.0143. The average Bonchev–Trinajstić information content (AvgIpc) is 3.54. The predicted octanol–water partition coefficient (Wildman–Crippen LogP) is 5.53. The molecule has 2 saturated carbocycles. The Morgan fingerprint density at radius 1 is 1.03 bits per heavy atom. The minimum Gasteiger partial charge on any atom is -0.322 e. The van der Waals surface area contributed by atoms with Crippen LogP contribution in [0.4, 0.5) is 0 Å². The van der Waals surface area contributed by atoms with Crippen LogP contribution in [0.25, 0.3) is 10.9 Å². The molecule has 0 amide bonds. The first-order valence-electron chi connectivity index (χ1n) is 13.2. The highest BCUT2D eigenvalue weighted by Crippen LogP contribution is 2.36. The van der Waals surface area contributed by atoms with Crippen molar-refractivity contribution in [2.24, 2.45) is 0 Å². The number of aromatic amines is 1. The second kappa shape index (κ2) is 9.98. The van der Waals surface area contributed by atoms with Gasteiger partial charge in [-0.2, -0.15) is 0 Å². The van der Waals surface area contributed by atoms with E-state index in [-0.39, 0.29) is 11.6 Å². The smallest absolute Gasteiger partial charge is 0.252 e. The Labute approximate surface area is 201 Å². The summed E-state index contributed by atoms with van der Waals surface area (Å²) in [6.45, 7) is 7.07. The molecule has 2 aromatic heterocycles. The van der Waals surface area contributed by atoms with Crippen LogP contribution in [0.2, 0.25) is 0 Å². The van der Waals surface area contributed by atoms with Crippen molar-refractivity contribution in [1.29, 1.82) is 0 Å². The van der Waals surface area contributed by atoms with Crippen molar-refractivity contribution in [3.05, 3.63) is 51.1 Å². The molecule has 0 radical (unpaired) electrons. The normalized spacial score (nSPS) is 18.8. The van der Waals surface area contributed by atoms with Gasteiger partial charge in [0.25, 0.3) is 5.56 Å². The Bertz CT molecular complexity index is 1190. The Morgan fingerprint density at radius 2 is 1.74 bits per heavy atom. The fourth-order valence-electron chi connectivity index (χ4n) is 6.14. The number of rotatable bonds is 7. The van der Waals surface area contributed by atoms with Crippen LogP contribution in [-0.4, -0.2) is 36.1 Å². The van der Waals surface area contributed by atoms with Gasteiger partial charge in [-0.25, -0.2) is 4.68 Å². The van der Waals surface area contributed by atoms with Crippen LogP contribution in [0, 0.1) is 13.8 Å². The van der Waals surface area contributed by atoms with Crippen molar-refractivity contribution in [3.63, 3.8) is 0 Å². The fourth-order valence-corrected chi connectivity index (χ4v) is 6.14. The number of aromatic nitrogens is 5. The third-order valence-electron chi connectivity index (χ3n) is 8.21. The minimum atomic E-state index is 0.0143. The first-order chi connectivity index (χ1) is 16.5. The van der Waals surface area contributed by atoms with Crippen LogP contribution >= 0.6 is 0 Å². The molecule has 2 heterocycles. The van der Waals surface area contributed by atoms with E-state index < -0.39 is 0 Å². The monoisotopic (exact) mass is 462 g/mol. The average molecular weight is 463 g/mol. The number of H-pyrrole nitrogens is 1. The number of benzene rings is 1. The molecule has 182 valence electrons. The van der Waals surface area contributed by atoms with Gasteiger partial charge < -0.3 is 4.98 Å². The SMILES string of the molecule is CCC(c1nnnn1C1CCCCC1)N(Cc1cc2cc(C)c(C)cc2[nH]c1=O)C1CCCC1. The van der Waals surface area contributed by atoms with E-state index in [0.29, 0.717) is 18.6 Å². The number of nitrogens with zero attached hydrogens (tertiary/aromatic N) is 5. The molecule has 2 aliphatic rings. The number of hydrogen-bond acceptors (Lipinski definition) is 5. The molecule has 2 fully saturated rings. The van der Waals surface area contributed by atoms with Crippen LogP contribution in [0.15, 0.2) is 23.0 Å². The Balaban J connectivity index is 1.51. The molecule has 0 bridgehead atoms. The molecule has 7 nitrogen and oxygen atoms in total. The van der Waals surface area contributed by atoms with E-state index in [0.717, 1.165) is 41.6 Å². The maximum Gasteiger partial charge on any atom is 0.252 e. The van der Waals surface area contributed by atoms with Crippen LogP contribution in [-0.2, 0) is 6.54 Å². The molecule has 2 aliphatic carbocycles. The first kappa shape index (κ1) is 23.2. The molecular weight excluding hydrogens is 424 g/mol. The molecule has 0 saturated heterocycles. The lowest BCUT2D eigenvalue weighted by Gasteiger charge is -2.36. The largest absolute Gasteiger partial charge is 0.322 e. The Morgan fingerprint density at radius 3 is 2.47 bits per heavy atom. The van der Waals surface area contributed by atoms with E-state index in [1.807, 2.05) is 0 Å². The molecule has 34 heavy (non-hydrogen) atoms. The molecule has 0 aliphatic heterocycles. The standard InChI is InChI=1S/C27H38N6O/c1-4-25(26-29-30-31-33(26)23-12-6-5-7-13-23)32(22-10-8-9-11-22)17-21-16-20-14-18(2)19(3)15-24(20)28-27(21)34/h14-16,22-23,25H,4-13,17H2,1-3H3,(H,28,34). The molecule has 3 aromatic rings. The molecule has 7 heteroatoms. The van der Waals surface area contributed by atoms with Crippen LogP contribution in [0.3, 0.4) is 0 Å². The lowest BCUT2D eigenvalue weighted by atomic mass is 9.95. The topological polar surface area (TPSA) is 79.7 Å². The van der Waals surface area contributed by atoms with Crippen molar-refractivity contribution in [1.82, 2.24) is 30.1 Å². The third kappa shape index (κ3) is 4.54. The van der Waals surface area contributed by atoms with Gasteiger partial charge in [0.05, 0.1) is 12.1 Å². The lowest BCUT2D eigenvalue weighted by molar-refractivity contribution is 0.109. The lowest BCUT2D eigenvalue weighted by Crippen LogP contribution is -2.39. The van der Waals surface area contributed by atoms with E-state index in [1.54, 1.807) is 0 Å². The highest BCUT2D eigenvalue weighted by molar-refractivity contribution is 5.80. The van der Waals surface area contributed by atoms with Gasteiger partial charge in [-0.05, 0) is 91.1 Å². The summed E-state index contributed by atoms with van der Waals surface area (Å²) in [4.78, 5) is 18.9. The van der Waals surface area contributed by atoms with Gasteiger partial charge in [-0.3, -0.25) is 9.69 Å². The summed E-state index contributed by atoms with van der Waals surface area (Å²) in [6.07, 6.45) is 11.9. The number of hydrogen-bond donors (Lipinski definition) is 1. The summed E-state index contributed by atoms with van der Waals surface area (Å²) in [6, 6.07) is 7.32. The van der Waals surface area contributed by atoms with Gasteiger partial charge in [0.15, 0.2) is 5.82 Å². The van der Waals surface area contributed by atoms with E-state index in [9.17, 15) is 4.79 Å². The highest BCUT2D eigenvalue weighted by atomic mass is 16.1. The number of fused-ring (bicyclic) bond motifs is 1. The molecule has 1 aromatic carbocycles.